The fourth-order valence-corrected chi connectivity index (χ4v) is 2.40. The first kappa shape index (κ1) is 13.3. The van der Waals surface area contributed by atoms with Gasteiger partial charge in [0.15, 0.2) is 0 Å². The monoisotopic (exact) mass is 251 g/mol. The van der Waals surface area contributed by atoms with Crippen molar-refractivity contribution in [2.24, 2.45) is 0 Å². The van der Waals surface area contributed by atoms with Gasteiger partial charge in [-0.1, -0.05) is 12.1 Å². The summed E-state index contributed by atoms with van der Waals surface area (Å²) in [5.41, 5.74) is 0.856. The maximum atomic E-state index is 10.2. The highest BCUT2D eigenvalue weighted by molar-refractivity contribution is 5.29. The highest BCUT2D eigenvalue weighted by Crippen LogP contribution is 2.21. The third kappa shape index (κ3) is 3.45. The van der Waals surface area contributed by atoms with Gasteiger partial charge >= 0.3 is 0 Å². The molecule has 100 valence electrons. The minimum absolute atomic E-state index is 0.253. The van der Waals surface area contributed by atoms with Crippen LogP contribution in [0.2, 0.25) is 0 Å². The Bertz CT molecular complexity index is 383. The summed E-state index contributed by atoms with van der Waals surface area (Å²) in [6.07, 6.45) is 1.07. The SMILES string of the molecule is COc1cccc(C(O)CN2CCC[C@H](O)C2)c1. The van der Waals surface area contributed by atoms with Crippen LogP contribution >= 0.6 is 0 Å². The molecule has 0 spiro atoms. The molecule has 0 saturated carbocycles. The number of aliphatic hydroxyl groups is 2. The van der Waals surface area contributed by atoms with E-state index in [1.807, 2.05) is 24.3 Å². The first-order valence-electron chi connectivity index (χ1n) is 6.41. The van der Waals surface area contributed by atoms with Gasteiger partial charge < -0.3 is 14.9 Å². The lowest BCUT2D eigenvalue weighted by Crippen LogP contribution is -2.40. The van der Waals surface area contributed by atoms with Gasteiger partial charge in [0.25, 0.3) is 0 Å². The average molecular weight is 251 g/mol. The van der Waals surface area contributed by atoms with Gasteiger partial charge in [-0.2, -0.15) is 0 Å². The highest BCUT2D eigenvalue weighted by Gasteiger charge is 2.20. The molecule has 1 saturated heterocycles. The van der Waals surface area contributed by atoms with Gasteiger partial charge in [0.1, 0.15) is 5.75 Å². The number of hydrogen-bond acceptors (Lipinski definition) is 4. The van der Waals surface area contributed by atoms with E-state index >= 15 is 0 Å². The predicted molar refractivity (Wildman–Crippen MR) is 69.6 cm³/mol. The molecule has 0 aliphatic carbocycles. The van der Waals surface area contributed by atoms with Crippen molar-refractivity contribution < 1.29 is 14.9 Å². The van der Waals surface area contributed by atoms with E-state index in [9.17, 15) is 10.2 Å². The van der Waals surface area contributed by atoms with Crippen molar-refractivity contribution in [1.82, 2.24) is 4.90 Å². The largest absolute Gasteiger partial charge is 0.497 e. The second-order valence-electron chi connectivity index (χ2n) is 4.85. The van der Waals surface area contributed by atoms with E-state index in [1.54, 1.807) is 7.11 Å². The lowest BCUT2D eigenvalue weighted by molar-refractivity contribution is 0.0391. The Morgan fingerprint density at radius 3 is 3.06 bits per heavy atom. The van der Waals surface area contributed by atoms with Crippen LogP contribution < -0.4 is 4.74 Å². The molecule has 4 heteroatoms. The fraction of sp³-hybridized carbons (Fsp3) is 0.571. The van der Waals surface area contributed by atoms with Gasteiger partial charge in [-0.15, -0.1) is 0 Å². The topological polar surface area (TPSA) is 52.9 Å². The molecule has 1 aromatic carbocycles. The molecule has 0 amide bonds. The Balaban J connectivity index is 1.95. The third-order valence-electron chi connectivity index (χ3n) is 3.39. The molecule has 1 unspecified atom stereocenters. The first-order chi connectivity index (χ1) is 8.69. The van der Waals surface area contributed by atoms with Crippen LogP contribution in [0.1, 0.15) is 24.5 Å². The number of hydrogen-bond donors (Lipinski definition) is 2. The summed E-state index contributed by atoms with van der Waals surface area (Å²) in [6, 6.07) is 7.49. The summed E-state index contributed by atoms with van der Waals surface area (Å²) in [7, 11) is 1.62. The van der Waals surface area contributed by atoms with E-state index in [4.69, 9.17) is 4.74 Å². The zero-order chi connectivity index (χ0) is 13.0. The van der Waals surface area contributed by atoms with E-state index in [0.717, 1.165) is 30.7 Å². The number of piperidine rings is 1. The molecule has 0 radical (unpaired) electrons. The van der Waals surface area contributed by atoms with Crippen LogP contribution in [0.3, 0.4) is 0 Å². The van der Waals surface area contributed by atoms with E-state index in [2.05, 4.69) is 4.90 Å². The fourth-order valence-electron chi connectivity index (χ4n) is 2.40. The van der Waals surface area contributed by atoms with Gasteiger partial charge in [0, 0.05) is 13.1 Å². The molecular weight excluding hydrogens is 230 g/mol. The second kappa shape index (κ2) is 6.18. The van der Waals surface area contributed by atoms with Crippen molar-refractivity contribution in [3.05, 3.63) is 29.8 Å². The van der Waals surface area contributed by atoms with Crippen molar-refractivity contribution in [1.29, 1.82) is 0 Å². The summed E-state index contributed by atoms with van der Waals surface area (Å²) >= 11 is 0. The molecule has 0 aromatic heterocycles. The molecule has 1 aliphatic rings. The van der Waals surface area contributed by atoms with Gasteiger partial charge in [0.2, 0.25) is 0 Å². The summed E-state index contributed by atoms with van der Waals surface area (Å²) in [5.74, 6) is 0.755. The van der Waals surface area contributed by atoms with Crippen molar-refractivity contribution in [2.75, 3.05) is 26.7 Å². The van der Waals surface area contributed by atoms with Gasteiger partial charge in [-0.05, 0) is 37.1 Å². The van der Waals surface area contributed by atoms with Gasteiger partial charge in [-0.3, -0.25) is 4.90 Å². The lowest BCUT2D eigenvalue weighted by Gasteiger charge is -2.31. The lowest BCUT2D eigenvalue weighted by atomic mass is 10.1. The maximum absolute atomic E-state index is 10.2. The Labute approximate surface area is 108 Å². The number of benzene rings is 1. The smallest absolute Gasteiger partial charge is 0.119 e. The standard InChI is InChI=1S/C14H21NO3/c1-18-13-6-2-4-11(8-13)14(17)10-15-7-3-5-12(16)9-15/h2,4,6,8,12,14,16-17H,3,5,7,9-10H2,1H3/t12-,14?/m0/s1. The molecule has 4 nitrogen and oxygen atoms in total. The average Bonchev–Trinajstić information content (AvgIpc) is 2.39. The van der Waals surface area contributed by atoms with Crippen LogP contribution in [0.15, 0.2) is 24.3 Å². The molecule has 0 bridgehead atoms. The third-order valence-corrected chi connectivity index (χ3v) is 3.39. The molecule has 18 heavy (non-hydrogen) atoms. The summed E-state index contributed by atoms with van der Waals surface area (Å²) in [6.45, 7) is 2.16. The number of nitrogens with zero attached hydrogens (tertiary/aromatic N) is 1. The first-order valence-corrected chi connectivity index (χ1v) is 6.41. The minimum atomic E-state index is -0.537. The number of ether oxygens (including phenoxy) is 1. The molecular formula is C14H21NO3. The van der Waals surface area contributed by atoms with Crippen LogP contribution in [0, 0.1) is 0 Å². The van der Waals surface area contributed by atoms with Crippen molar-refractivity contribution >= 4 is 0 Å². The Morgan fingerprint density at radius 2 is 2.33 bits per heavy atom. The normalized spacial score (nSPS) is 22.7. The molecule has 1 heterocycles. The van der Waals surface area contributed by atoms with Crippen LogP contribution in [0.5, 0.6) is 5.75 Å². The van der Waals surface area contributed by atoms with E-state index < -0.39 is 6.10 Å². The van der Waals surface area contributed by atoms with Crippen molar-refractivity contribution in [3.8, 4) is 5.75 Å². The van der Waals surface area contributed by atoms with Crippen molar-refractivity contribution in [2.45, 2.75) is 25.0 Å². The number of β-amino-alcohol motifs (C(OH)–C–C–N with tert-alkyl or cyclic N) is 2. The number of rotatable bonds is 4. The molecule has 1 fully saturated rings. The molecule has 2 N–H and O–H groups in total. The Morgan fingerprint density at radius 1 is 1.50 bits per heavy atom. The Kier molecular flexibility index (Phi) is 4.58. The van der Waals surface area contributed by atoms with E-state index in [-0.39, 0.29) is 6.10 Å². The maximum Gasteiger partial charge on any atom is 0.119 e. The quantitative estimate of drug-likeness (QED) is 0.844. The molecule has 1 aromatic rings. The highest BCUT2D eigenvalue weighted by atomic mass is 16.5. The number of aliphatic hydroxyl groups excluding tert-OH is 2. The molecule has 2 rings (SSSR count). The van der Waals surface area contributed by atoms with Crippen LogP contribution in [0.4, 0.5) is 0 Å². The van der Waals surface area contributed by atoms with E-state index in [0.29, 0.717) is 13.1 Å². The summed E-state index contributed by atoms with van der Waals surface area (Å²) in [5, 5.41) is 19.8. The zero-order valence-corrected chi connectivity index (χ0v) is 10.7. The van der Waals surface area contributed by atoms with Crippen LogP contribution in [0.25, 0.3) is 0 Å². The Hall–Kier alpha value is -1.10. The zero-order valence-electron chi connectivity index (χ0n) is 10.7. The van der Waals surface area contributed by atoms with Crippen LogP contribution in [-0.4, -0.2) is 48.0 Å². The minimum Gasteiger partial charge on any atom is -0.497 e. The van der Waals surface area contributed by atoms with Crippen LogP contribution in [-0.2, 0) is 0 Å². The summed E-state index contributed by atoms with van der Waals surface area (Å²) < 4.78 is 5.15. The predicted octanol–water partition coefficient (Wildman–Crippen LogP) is 1.19. The van der Waals surface area contributed by atoms with Gasteiger partial charge in [0.05, 0.1) is 19.3 Å². The van der Waals surface area contributed by atoms with E-state index in [1.165, 1.54) is 0 Å². The second-order valence-corrected chi connectivity index (χ2v) is 4.85. The number of methoxy groups -OCH3 is 1. The molecule has 2 atom stereocenters. The number of likely N-dealkylation sites (tertiary alicyclic amines) is 1. The summed E-state index contributed by atoms with van der Waals surface area (Å²) in [4.78, 5) is 2.11. The molecule has 1 aliphatic heterocycles. The van der Waals surface area contributed by atoms with Crippen molar-refractivity contribution in [3.63, 3.8) is 0 Å². The van der Waals surface area contributed by atoms with Gasteiger partial charge in [-0.25, -0.2) is 0 Å².